The molecule has 0 aliphatic rings. The first-order valence-corrected chi connectivity index (χ1v) is 5.79. The predicted octanol–water partition coefficient (Wildman–Crippen LogP) is 2.16. The molecule has 0 bridgehead atoms. The number of hydrogen-bond acceptors (Lipinski definition) is 3. The summed E-state index contributed by atoms with van der Waals surface area (Å²) in [6.45, 7) is 0. The molecule has 2 aromatic rings. The van der Waals surface area contributed by atoms with Crippen LogP contribution in [0.3, 0.4) is 0 Å². The lowest BCUT2D eigenvalue weighted by Crippen LogP contribution is -2.18. The summed E-state index contributed by atoms with van der Waals surface area (Å²) in [6, 6.07) is 3.69. The molecule has 0 radical (unpaired) electrons. The van der Waals surface area contributed by atoms with Crippen LogP contribution in [-0.4, -0.2) is 26.5 Å². The van der Waals surface area contributed by atoms with Gasteiger partial charge in [-0.3, -0.25) is 4.79 Å². The molecule has 104 valence electrons. The van der Waals surface area contributed by atoms with E-state index in [4.69, 9.17) is 16.7 Å². The van der Waals surface area contributed by atoms with Gasteiger partial charge in [0, 0.05) is 12.7 Å². The number of halogens is 2. The lowest BCUT2D eigenvalue weighted by molar-refractivity contribution is 0.0686. The fourth-order valence-corrected chi connectivity index (χ4v) is 1.76. The molecule has 0 saturated carbocycles. The molecule has 0 spiro atoms. The van der Waals surface area contributed by atoms with Gasteiger partial charge in [0.25, 0.3) is 5.91 Å². The van der Waals surface area contributed by atoms with Crippen molar-refractivity contribution in [3.63, 3.8) is 0 Å². The van der Waals surface area contributed by atoms with Crippen molar-refractivity contribution >= 4 is 29.2 Å². The van der Waals surface area contributed by atoms with Gasteiger partial charge in [0.2, 0.25) is 0 Å². The molecule has 1 heterocycles. The predicted molar refractivity (Wildman–Crippen MR) is 69.5 cm³/mol. The average molecular weight is 298 g/mol. The number of rotatable bonds is 3. The summed E-state index contributed by atoms with van der Waals surface area (Å²) >= 11 is 5.60. The van der Waals surface area contributed by atoms with Crippen LogP contribution in [0.2, 0.25) is 5.02 Å². The number of benzene rings is 1. The molecular weight excluding hydrogens is 289 g/mol. The number of nitrogens with one attached hydrogen (secondary N) is 1. The third-order valence-electron chi connectivity index (χ3n) is 2.59. The first kappa shape index (κ1) is 14.0. The monoisotopic (exact) mass is 297 g/mol. The van der Waals surface area contributed by atoms with E-state index >= 15 is 0 Å². The molecule has 1 amide bonds. The molecule has 0 fully saturated rings. The normalized spacial score (nSPS) is 10.3. The van der Waals surface area contributed by atoms with Crippen LogP contribution in [0.25, 0.3) is 0 Å². The quantitative estimate of drug-likeness (QED) is 0.909. The van der Waals surface area contributed by atoms with E-state index in [-0.39, 0.29) is 22.2 Å². The molecule has 6 nitrogen and oxygen atoms in total. The number of hydrogen-bond donors (Lipinski definition) is 2. The Labute approximate surface area is 117 Å². The van der Waals surface area contributed by atoms with Crippen LogP contribution in [-0.2, 0) is 7.05 Å². The number of carbonyl (C=O) groups excluding carboxylic acids is 1. The van der Waals surface area contributed by atoms with Crippen LogP contribution in [0.4, 0.5) is 10.1 Å². The highest BCUT2D eigenvalue weighted by Gasteiger charge is 2.18. The van der Waals surface area contributed by atoms with Gasteiger partial charge in [-0.15, -0.1) is 0 Å². The zero-order valence-electron chi connectivity index (χ0n) is 10.2. The minimum Gasteiger partial charge on any atom is -0.477 e. The van der Waals surface area contributed by atoms with Gasteiger partial charge in [-0.1, -0.05) is 11.6 Å². The van der Waals surface area contributed by atoms with Crippen molar-refractivity contribution in [3.05, 3.63) is 46.8 Å². The topological polar surface area (TPSA) is 84.2 Å². The summed E-state index contributed by atoms with van der Waals surface area (Å²) in [5.74, 6) is -2.50. The molecule has 0 atom stereocenters. The maximum Gasteiger partial charge on any atom is 0.354 e. The standard InChI is InChI=1S/C12H9ClFN3O3/c1-17-9(12(19)20)5-15-10(17)11(18)16-6-2-3-8(14)7(13)4-6/h2-5H,1H3,(H,16,18)(H,19,20). The fraction of sp³-hybridized carbons (Fsp3) is 0.0833. The Kier molecular flexibility index (Phi) is 3.71. The van der Waals surface area contributed by atoms with E-state index in [2.05, 4.69) is 10.3 Å². The molecule has 2 rings (SSSR count). The maximum absolute atomic E-state index is 13.0. The van der Waals surface area contributed by atoms with Crippen molar-refractivity contribution in [2.45, 2.75) is 0 Å². The van der Waals surface area contributed by atoms with Crippen molar-refractivity contribution in [3.8, 4) is 0 Å². The number of carboxylic acid groups (broad SMARTS) is 1. The number of amides is 1. The Balaban J connectivity index is 2.24. The fourth-order valence-electron chi connectivity index (χ4n) is 1.58. The number of carboxylic acids is 1. The first-order chi connectivity index (χ1) is 9.40. The number of anilines is 1. The molecule has 20 heavy (non-hydrogen) atoms. The number of aromatic carboxylic acids is 1. The summed E-state index contributed by atoms with van der Waals surface area (Å²) in [5, 5.41) is 11.2. The lowest BCUT2D eigenvalue weighted by atomic mass is 10.3. The molecule has 8 heteroatoms. The molecule has 0 saturated heterocycles. The number of imidazole rings is 1. The zero-order chi connectivity index (χ0) is 14.9. The van der Waals surface area contributed by atoms with Gasteiger partial charge in [-0.2, -0.15) is 0 Å². The second-order valence-electron chi connectivity index (χ2n) is 3.91. The Bertz CT molecular complexity index is 699. The lowest BCUT2D eigenvalue weighted by Gasteiger charge is -2.06. The van der Waals surface area contributed by atoms with Crippen molar-refractivity contribution < 1.29 is 19.1 Å². The van der Waals surface area contributed by atoms with Crippen molar-refractivity contribution in [2.75, 3.05) is 5.32 Å². The van der Waals surface area contributed by atoms with Gasteiger partial charge in [-0.25, -0.2) is 14.2 Å². The highest BCUT2D eigenvalue weighted by atomic mass is 35.5. The molecule has 0 aliphatic carbocycles. The summed E-state index contributed by atoms with van der Waals surface area (Å²) < 4.78 is 14.1. The van der Waals surface area contributed by atoms with Crippen molar-refractivity contribution in [1.82, 2.24) is 9.55 Å². The minimum absolute atomic E-state index is 0.0807. The highest BCUT2D eigenvalue weighted by molar-refractivity contribution is 6.31. The summed E-state index contributed by atoms with van der Waals surface area (Å²) in [6.07, 6.45) is 1.08. The van der Waals surface area contributed by atoms with Gasteiger partial charge in [-0.05, 0) is 18.2 Å². The summed E-state index contributed by atoms with van der Waals surface area (Å²) in [7, 11) is 1.41. The summed E-state index contributed by atoms with van der Waals surface area (Å²) in [5.41, 5.74) is 0.161. The van der Waals surface area contributed by atoms with Crippen LogP contribution in [0.5, 0.6) is 0 Å². The van der Waals surface area contributed by atoms with Crippen LogP contribution < -0.4 is 5.32 Å². The number of nitrogens with zero attached hydrogens (tertiary/aromatic N) is 2. The maximum atomic E-state index is 13.0. The van der Waals surface area contributed by atoms with Gasteiger partial charge < -0.3 is 15.0 Å². The van der Waals surface area contributed by atoms with Gasteiger partial charge in [0.05, 0.1) is 11.2 Å². The van der Waals surface area contributed by atoms with E-state index < -0.39 is 17.7 Å². The third-order valence-corrected chi connectivity index (χ3v) is 2.88. The van der Waals surface area contributed by atoms with E-state index in [9.17, 15) is 14.0 Å². The van der Waals surface area contributed by atoms with E-state index in [1.165, 1.54) is 19.2 Å². The molecular formula is C12H9ClFN3O3. The second kappa shape index (κ2) is 5.30. The van der Waals surface area contributed by atoms with E-state index in [0.717, 1.165) is 16.8 Å². The minimum atomic E-state index is -1.19. The van der Waals surface area contributed by atoms with E-state index in [1.54, 1.807) is 0 Å². The first-order valence-electron chi connectivity index (χ1n) is 5.41. The largest absolute Gasteiger partial charge is 0.477 e. The number of aromatic nitrogens is 2. The van der Waals surface area contributed by atoms with Gasteiger partial charge in [0.15, 0.2) is 5.82 Å². The third kappa shape index (κ3) is 2.62. The molecule has 0 unspecified atom stereocenters. The second-order valence-corrected chi connectivity index (χ2v) is 4.32. The van der Waals surface area contributed by atoms with Gasteiger partial charge in [0.1, 0.15) is 11.5 Å². The molecule has 1 aromatic heterocycles. The summed E-state index contributed by atoms with van der Waals surface area (Å²) in [4.78, 5) is 26.5. The van der Waals surface area contributed by atoms with Gasteiger partial charge >= 0.3 is 5.97 Å². The SMILES string of the molecule is Cn1c(C(=O)O)cnc1C(=O)Nc1ccc(F)c(Cl)c1. The Morgan fingerprint density at radius 3 is 2.70 bits per heavy atom. The Morgan fingerprint density at radius 1 is 1.45 bits per heavy atom. The highest BCUT2D eigenvalue weighted by Crippen LogP contribution is 2.19. The van der Waals surface area contributed by atoms with E-state index in [0.29, 0.717) is 0 Å². The zero-order valence-corrected chi connectivity index (χ0v) is 11.0. The average Bonchev–Trinajstić information content (AvgIpc) is 2.76. The van der Waals surface area contributed by atoms with Crippen LogP contribution in [0.15, 0.2) is 24.4 Å². The Hall–Kier alpha value is -2.41. The molecule has 1 aromatic carbocycles. The van der Waals surface area contributed by atoms with E-state index in [1.807, 2.05) is 0 Å². The Morgan fingerprint density at radius 2 is 2.15 bits per heavy atom. The number of carbonyl (C=O) groups is 2. The van der Waals surface area contributed by atoms with Crippen molar-refractivity contribution in [2.24, 2.45) is 7.05 Å². The molecule has 0 aliphatic heterocycles. The van der Waals surface area contributed by atoms with Crippen LogP contribution in [0, 0.1) is 5.82 Å². The van der Waals surface area contributed by atoms with Crippen molar-refractivity contribution in [1.29, 1.82) is 0 Å². The van der Waals surface area contributed by atoms with Crippen LogP contribution >= 0.6 is 11.6 Å². The smallest absolute Gasteiger partial charge is 0.354 e. The van der Waals surface area contributed by atoms with Crippen LogP contribution in [0.1, 0.15) is 21.1 Å². The molecule has 2 N–H and O–H groups in total.